The van der Waals surface area contributed by atoms with Crippen LogP contribution in [0.3, 0.4) is 0 Å². The maximum Gasteiger partial charge on any atom is 0.118 e. The molecule has 10 heavy (non-hydrogen) atoms. The van der Waals surface area contributed by atoms with E-state index in [1.54, 1.807) is 7.11 Å². The molecule has 1 aromatic rings. The summed E-state index contributed by atoms with van der Waals surface area (Å²) in [6.07, 6.45) is 0. The van der Waals surface area contributed by atoms with E-state index in [0.717, 1.165) is 11.3 Å². The van der Waals surface area contributed by atoms with Crippen LogP contribution in [0.2, 0.25) is 0 Å². The highest BCUT2D eigenvalue weighted by Crippen LogP contribution is 2.10. The Morgan fingerprint density at radius 2 is 1.90 bits per heavy atom. The zero-order chi connectivity index (χ0) is 7.40. The predicted octanol–water partition coefficient (Wildman–Crippen LogP) is 1.19. The molecular weight excluding hydrogens is 129 g/mol. The highest BCUT2D eigenvalue weighted by molar-refractivity contribution is 5.26. The molecule has 0 saturated carbocycles. The Morgan fingerprint density at radius 3 is 2.30 bits per heavy atom. The first-order valence-electron chi connectivity index (χ1n) is 3.10. The van der Waals surface area contributed by atoms with E-state index in [4.69, 9.17) is 9.84 Å². The second-order valence-electron chi connectivity index (χ2n) is 2.01. The average molecular weight is 139 g/mol. The predicted molar refractivity (Wildman–Crippen MR) is 38.9 cm³/mol. The molecule has 0 bridgehead atoms. The van der Waals surface area contributed by atoms with E-state index in [1.165, 1.54) is 0 Å². The molecular formula is C8H10O2. The maximum absolute atomic E-state index is 8.66. The Hall–Kier alpha value is -1.02. The van der Waals surface area contributed by atoms with Crippen molar-refractivity contribution in [2.45, 2.75) is 6.61 Å². The third-order valence-corrected chi connectivity index (χ3v) is 1.34. The summed E-state index contributed by atoms with van der Waals surface area (Å²) in [6, 6.07) is 7.31. The third-order valence-electron chi connectivity index (χ3n) is 1.34. The lowest BCUT2D eigenvalue weighted by atomic mass is 10.4. The van der Waals surface area contributed by atoms with Crippen molar-refractivity contribution < 1.29 is 9.84 Å². The lowest BCUT2D eigenvalue weighted by molar-refractivity contribution is 0.281. The molecule has 0 saturated heterocycles. The SMILES string of the molecule is COc1cc[13c](CO)cc1. The second-order valence-corrected chi connectivity index (χ2v) is 2.01. The summed E-state index contributed by atoms with van der Waals surface area (Å²) in [6.45, 7) is 0.0873. The molecule has 0 atom stereocenters. The summed E-state index contributed by atoms with van der Waals surface area (Å²) in [4.78, 5) is 0. The van der Waals surface area contributed by atoms with Crippen LogP contribution < -0.4 is 4.74 Å². The molecule has 54 valence electrons. The van der Waals surface area contributed by atoms with Crippen molar-refractivity contribution in [1.29, 1.82) is 0 Å². The number of hydrogen-bond donors (Lipinski definition) is 1. The first kappa shape index (κ1) is 7.09. The highest BCUT2D eigenvalue weighted by atomic mass is 16.5. The quantitative estimate of drug-likeness (QED) is 0.666. The molecule has 2 heteroatoms. The van der Waals surface area contributed by atoms with Crippen molar-refractivity contribution in [3.05, 3.63) is 29.8 Å². The summed E-state index contributed by atoms with van der Waals surface area (Å²) in [5.74, 6) is 0.817. The minimum absolute atomic E-state index is 0.0873. The van der Waals surface area contributed by atoms with Crippen molar-refractivity contribution in [2.24, 2.45) is 0 Å². The Labute approximate surface area is 60.1 Å². The van der Waals surface area contributed by atoms with Crippen LogP contribution in [0.15, 0.2) is 24.3 Å². The number of aliphatic hydroxyl groups excluding tert-OH is 1. The molecule has 0 aliphatic heterocycles. The van der Waals surface area contributed by atoms with Crippen LogP contribution in [-0.4, -0.2) is 12.2 Å². The number of hydrogen-bond acceptors (Lipinski definition) is 2. The van der Waals surface area contributed by atoms with Gasteiger partial charge in [-0.25, -0.2) is 0 Å². The Kier molecular flexibility index (Phi) is 2.29. The molecule has 0 aliphatic rings. The van der Waals surface area contributed by atoms with Crippen molar-refractivity contribution in [3.63, 3.8) is 0 Å². The monoisotopic (exact) mass is 139 g/mol. The lowest BCUT2D eigenvalue weighted by Gasteiger charge is -1.98. The molecule has 0 amide bonds. The molecule has 1 aromatic carbocycles. The van der Waals surface area contributed by atoms with Gasteiger partial charge in [-0.05, 0) is 17.7 Å². The Bertz CT molecular complexity index is 168. The fourth-order valence-electron chi connectivity index (χ4n) is 0.731. The topological polar surface area (TPSA) is 29.5 Å². The van der Waals surface area contributed by atoms with Gasteiger partial charge in [0.25, 0.3) is 0 Å². The second kappa shape index (κ2) is 3.22. The zero-order valence-electron chi connectivity index (χ0n) is 5.87. The zero-order valence-corrected chi connectivity index (χ0v) is 5.87. The van der Waals surface area contributed by atoms with Crippen LogP contribution in [0.5, 0.6) is 5.75 Å². The first-order chi connectivity index (χ1) is 4.86. The number of ether oxygens (including phenoxy) is 1. The summed E-state index contributed by atoms with van der Waals surface area (Å²) in [7, 11) is 1.62. The van der Waals surface area contributed by atoms with Crippen LogP contribution >= 0.6 is 0 Å². The minimum atomic E-state index is 0.0873. The molecule has 2 nitrogen and oxygen atoms in total. The Morgan fingerprint density at radius 1 is 1.30 bits per heavy atom. The molecule has 0 spiro atoms. The molecule has 0 heterocycles. The van der Waals surface area contributed by atoms with E-state index >= 15 is 0 Å². The lowest BCUT2D eigenvalue weighted by Crippen LogP contribution is -1.84. The van der Waals surface area contributed by atoms with Gasteiger partial charge in [-0.1, -0.05) is 12.1 Å². The van der Waals surface area contributed by atoms with E-state index in [0.29, 0.717) is 0 Å². The van der Waals surface area contributed by atoms with E-state index < -0.39 is 0 Å². The van der Waals surface area contributed by atoms with E-state index in [2.05, 4.69) is 0 Å². The van der Waals surface area contributed by atoms with Gasteiger partial charge >= 0.3 is 0 Å². The number of methoxy groups -OCH3 is 1. The molecule has 0 aliphatic carbocycles. The largest absolute Gasteiger partial charge is 0.497 e. The van der Waals surface area contributed by atoms with E-state index in [1.807, 2.05) is 24.3 Å². The van der Waals surface area contributed by atoms with Crippen LogP contribution in [-0.2, 0) is 6.61 Å². The van der Waals surface area contributed by atoms with Gasteiger partial charge in [-0.3, -0.25) is 0 Å². The number of benzene rings is 1. The molecule has 0 fully saturated rings. The van der Waals surface area contributed by atoms with Gasteiger partial charge in [0, 0.05) is 0 Å². The van der Waals surface area contributed by atoms with Crippen LogP contribution in [0.25, 0.3) is 0 Å². The molecule has 0 unspecified atom stereocenters. The van der Waals surface area contributed by atoms with Crippen LogP contribution in [0.1, 0.15) is 5.56 Å². The number of aliphatic hydroxyl groups is 1. The molecule has 0 radical (unpaired) electrons. The third kappa shape index (κ3) is 1.48. The smallest absolute Gasteiger partial charge is 0.118 e. The van der Waals surface area contributed by atoms with Crippen molar-refractivity contribution in [3.8, 4) is 5.75 Å². The number of rotatable bonds is 2. The molecule has 0 aromatic heterocycles. The molecule has 1 N–H and O–H groups in total. The van der Waals surface area contributed by atoms with Gasteiger partial charge in [-0.2, -0.15) is 0 Å². The summed E-state index contributed by atoms with van der Waals surface area (Å²) >= 11 is 0. The first-order valence-corrected chi connectivity index (χ1v) is 3.10. The molecule has 1 rings (SSSR count). The standard InChI is InChI=1S/C8H10O2/c1-10-8-4-2-7(6-9)3-5-8/h2-5,9H,6H2,1H3/i7+1. The van der Waals surface area contributed by atoms with Crippen LogP contribution in [0.4, 0.5) is 0 Å². The Balaban J connectivity index is 2.80. The fourth-order valence-corrected chi connectivity index (χ4v) is 0.731. The average Bonchev–Trinajstić information content (AvgIpc) is 2.05. The van der Waals surface area contributed by atoms with E-state index in [9.17, 15) is 0 Å². The summed E-state index contributed by atoms with van der Waals surface area (Å²) < 4.78 is 4.93. The highest BCUT2D eigenvalue weighted by Gasteiger charge is 1.89. The van der Waals surface area contributed by atoms with Crippen LogP contribution in [0, 0.1) is 0 Å². The van der Waals surface area contributed by atoms with E-state index in [-0.39, 0.29) is 6.61 Å². The summed E-state index contributed by atoms with van der Waals surface area (Å²) in [5.41, 5.74) is 0.904. The normalized spacial score (nSPS) is 9.40. The maximum atomic E-state index is 8.66. The summed E-state index contributed by atoms with van der Waals surface area (Å²) in [5, 5.41) is 8.66. The van der Waals surface area contributed by atoms with Gasteiger partial charge in [0.2, 0.25) is 0 Å². The van der Waals surface area contributed by atoms with Gasteiger partial charge in [-0.15, -0.1) is 0 Å². The van der Waals surface area contributed by atoms with Gasteiger partial charge in [0.05, 0.1) is 13.7 Å². The van der Waals surface area contributed by atoms with Gasteiger partial charge < -0.3 is 9.84 Å². The van der Waals surface area contributed by atoms with Gasteiger partial charge in [0.15, 0.2) is 0 Å². The van der Waals surface area contributed by atoms with Crippen molar-refractivity contribution in [1.82, 2.24) is 0 Å². The minimum Gasteiger partial charge on any atom is -0.497 e. The van der Waals surface area contributed by atoms with Gasteiger partial charge in [0.1, 0.15) is 5.75 Å². The fraction of sp³-hybridized carbons (Fsp3) is 0.250. The van der Waals surface area contributed by atoms with Crippen molar-refractivity contribution in [2.75, 3.05) is 7.11 Å². The van der Waals surface area contributed by atoms with Crippen molar-refractivity contribution >= 4 is 0 Å².